The van der Waals surface area contributed by atoms with Crippen molar-refractivity contribution in [1.82, 2.24) is 5.32 Å². The molecule has 1 aromatic rings. The smallest absolute Gasteiger partial charge is 0.326 e. The van der Waals surface area contributed by atoms with E-state index in [1.165, 1.54) is 12.1 Å². The highest BCUT2D eigenvalue weighted by Crippen LogP contribution is 2.35. The molecule has 10 nitrogen and oxygen atoms in total. The fourth-order valence-electron chi connectivity index (χ4n) is 3.58. The number of hydrogen-bond acceptors (Lipinski definition) is 7. The first-order chi connectivity index (χ1) is 13.8. The predicted octanol–water partition coefficient (Wildman–Crippen LogP) is 1.56. The third-order valence-electron chi connectivity index (χ3n) is 5.21. The number of nitrogens with one attached hydrogen (secondary N) is 1. The largest absolute Gasteiger partial charge is 0.482 e. The normalized spacial score (nSPS) is 21.0. The minimum absolute atomic E-state index is 0.0724. The van der Waals surface area contributed by atoms with Crippen LogP contribution in [0.1, 0.15) is 32.6 Å². The summed E-state index contributed by atoms with van der Waals surface area (Å²) in [5.41, 5.74) is -0.116. The van der Waals surface area contributed by atoms with E-state index in [4.69, 9.17) is 9.47 Å². The van der Waals surface area contributed by atoms with Crippen LogP contribution in [-0.4, -0.2) is 48.5 Å². The number of carbonyl (C=O) groups is 3. The Bertz CT molecular complexity index is 826. The third-order valence-corrected chi connectivity index (χ3v) is 5.21. The van der Waals surface area contributed by atoms with Crippen molar-refractivity contribution < 1.29 is 28.8 Å². The Balaban J connectivity index is 1.57. The molecule has 2 amide bonds. The van der Waals surface area contributed by atoms with Crippen molar-refractivity contribution in [3.63, 3.8) is 0 Å². The number of amides is 2. The van der Waals surface area contributed by atoms with E-state index in [9.17, 15) is 24.5 Å². The van der Waals surface area contributed by atoms with Crippen LogP contribution in [0.15, 0.2) is 18.2 Å². The number of ether oxygens (including phenoxy) is 2. The first kappa shape index (κ1) is 20.6. The maximum absolute atomic E-state index is 12.2. The second-order valence-electron chi connectivity index (χ2n) is 7.27. The molecule has 1 aliphatic carbocycles. The Kier molecular flexibility index (Phi) is 6.30. The van der Waals surface area contributed by atoms with Crippen molar-refractivity contribution in [3.05, 3.63) is 28.3 Å². The van der Waals surface area contributed by atoms with E-state index in [1.807, 2.05) is 0 Å². The molecule has 1 aliphatic heterocycles. The van der Waals surface area contributed by atoms with Crippen LogP contribution in [-0.2, 0) is 19.1 Å². The van der Waals surface area contributed by atoms with Gasteiger partial charge >= 0.3 is 5.97 Å². The molecule has 0 unspecified atom stereocenters. The first-order valence-corrected chi connectivity index (χ1v) is 9.51. The molecule has 2 aliphatic rings. The van der Waals surface area contributed by atoms with Crippen molar-refractivity contribution in [2.24, 2.45) is 5.92 Å². The Hall–Kier alpha value is -3.17. The van der Waals surface area contributed by atoms with Crippen LogP contribution < -0.4 is 15.0 Å². The maximum Gasteiger partial charge on any atom is 0.326 e. The standard InChI is InChI=1S/C19H23N3O7/c1-12-4-2-3-5-14(12)20-17(23)10-29-19(25)9-21-15-8-13(22(26)27)6-7-16(15)28-11-18(21)24/h6-8,12,14H,2-5,9-11H2,1H3,(H,20,23)/t12-,14-/m0/s1. The van der Waals surface area contributed by atoms with Crippen molar-refractivity contribution in [2.75, 3.05) is 24.7 Å². The summed E-state index contributed by atoms with van der Waals surface area (Å²) in [6.45, 7) is 0.876. The zero-order valence-electron chi connectivity index (χ0n) is 16.1. The van der Waals surface area contributed by atoms with Gasteiger partial charge in [-0.2, -0.15) is 0 Å². The number of esters is 1. The van der Waals surface area contributed by atoms with Gasteiger partial charge in [-0.05, 0) is 24.8 Å². The summed E-state index contributed by atoms with van der Waals surface area (Å²) in [6, 6.07) is 3.86. The van der Waals surface area contributed by atoms with E-state index < -0.39 is 30.0 Å². The topological polar surface area (TPSA) is 128 Å². The summed E-state index contributed by atoms with van der Waals surface area (Å²) in [4.78, 5) is 47.8. The molecule has 1 aromatic carbocycles. The van der Waals surface area contributed by atoms with Crippen LogP contribution in [0.3, 0.4) is 0 Å². The Morgan fingerprint density at radius 1 is 1.34 bits per heavy atom. The predicted molar refractivity (Wildman–Crippen MR) is 101 cm³/mol. The molecule has 1 heterocycles. The van der Waals surface area contributed by atoms with Crippen molar-refractivity contribution in [1.29, 1.82) is 0 Å². The van der Waals surface area contributed by atoms with Gasteiger partial charge in [0, 0.05) is 18.2 Å². The molecule has 0 spiro atoms. The zero-order valence-corrected chi connectivity index (χ0v) is 16.1. The molecule has 1 fully saturated rings. The molecule has 0 saturated heterocycles. The van der Waals surface area contributed by atoms with Crippen molar-refractivity contribution >= 4 is 29.2 Å². The van der Waals surface area contributed by atoms with E-state index in [0.29, 0.717) is 5.92 Å². The number of benzene rings is 1. The summed E-state index contributed by atoms with van der Waals surface area (Å²) in [6.07, 6.45) is 4.16. The lowest BCUT2D eigenvalue weighted by Gasteiger charge is -2.29. The molecular formula is C19H23N3O7. The Labute approximate surface area is 167 Å². The highest BCUT2D eigenvalue weighted by molar-refractivity contribution is 6.01. The molecule has 0 radical (unpaired) electrons. The molecule has 156 valence electrons. The maximum atomic E-state index is 12.2. The van der Waals surface area contributed by atoms with E-state index in [1.54, 1.807) is 0 Å². The van der Waals surface area contributed by atoms with Gasteiger partial charge in [0.25, 0.3) is 17.5 Å². The number of fused-ring (bicyclic) bond motifs is 1. The molecule has 2 atom stereocenters. The number of anilines is 1. The highest BCUT2D eigenvalue weighted by Gasteiger charge is 2.30. The molecule has 0 bridgehead atoms. The van der Waals surface area contributed by atoms with Gasteiger partial charge in [-0.3, -0.25) is 29.4 Å². The number of non-ortho nitro benzene ring substituents is 1. The van der Waals surface area contributed by atoms with Gasteiger partial charge in [0.05, 0.1) is 10.6 Å². The SMILES string of the molecule is C[C@H]1CCCC[C@@H]1NC(=O)COC(=O)CN1C(=O)COc2ccc([N+](=O)[O-])cc21. The van der Waals surface area contributed by atoms with Gasteiger partial charge in [0.2, 0.25) is 0 Å². The molecule has 29 heavy (non-hydrogen) atoms. The average Bonchev–Trinajstić information content (AvgIpc) is 2.70. The average molecular weight is 405 g/mol. The molecule has 3 rings (SSSR count). The van der Waals surface area contributed by atoms with Gasteiger partial charge < -0.3 is 14.8 Å². The highest BCUT2D eigenvalue weighted by atomic mass is 16.6. The summed E-state index contributed by atoms with van der Waals surface area (Å²) in [5, 5.41) is 13.9. The third kappa shape index (κ3) is 5.01. The van der Waals surface area contributed by atoms with Gasteiger partial charge in [0.15, 0.2) is 13.2 Å². The second-order valence-corrected chi connectivity index (χ2v) is 7.27. The second kappa shape index (κ2) is 8.89. The number of rotatable bonds is 6. The van der Waals surface area contributed by atoms with Crippen molar-refractivity contribution in [3.8, 4) is 5.75 Å². The van der Waals surface area contributed by atoms with Crippen LogP contribution in [0.2, 0.25) is 0 Å². The summed E-state index contributed by atoms with van der Waals surface area (Å²) in [5.74, 6) is -1.07. The van der Waals surface area contributed by atoms with Crippen LogP contribution in [0.25, 0.3) is 0 Å². The van der Waals surface area contributed by atoms with Gasteiger partial charge in [-0.1, -0.05) is 19.8 Å². The minimum atomic E-state index is -0.787. The molecular weight excluding hydrogens is 382 g/mol. The van der Waals surface area contributed by atoms with E-state index in [2.05, 4.69) is 12.2 Å². The van der Waals surface area contributed by atoms with Gasteiger partial charge in [-0.25, -0.2) is 0 Å². The van der Waals surface area contributed by atoms with Crippen LogP contribution in [0, 0.1) is 16.0 Å². The van der Waals surface area contributed by atoms with Crippen LogP contribution in [0.5, 0.6) is 5.75 Å². The number of carbonyl (C=O) groups excluding carboxylic acids is 3. The fourth-order valence-corrected chi connectivity index (χ4v) is 3.58. The van der Waals surface area contributed by atoms with Crippen LogP contribution >= 0.6 is 0 Å². The summed E-state index contributed by atoms with van der Waals surface area (Å²) < 4.78 is 10.2. The molecule has 1 N–H and O–H groups in total. The lowest BCUT2D eigenvalue weighted by molar-refractivity contribution is -0.384. The Morgan fingerprint density at radius 3 is 2.83 bits per heavy atom. The quantitative estimate of drug-likeness (QED) is 0.432. The summed E-state index contributed by atoms with van der Waals surface area (Å²) in [7, 11) is 0. The Morgan fingerprint density at radius 2 is 2.10 bits per heavy atom. The lowest BCUT2D eigenvalue weighted by Crippen LogP contribution is -2.44. The van der Waals surface area contributed by atoms with Gasteiger partial charge in [0.1, 0.15) is 12.3 Å². The number of nitrogens with zero attached hydrogens (tertiary/aromatic N) is 2. The monoisotopic (exact) mass is 405 g/mol. The molecule has 10 heteroatoms. The summed E-state index contributed by atoms with van der Waals surface area (Å²) >= 11 is 0. The molecule has 1 saturated carbocycles. The number of hydrogen-bond donors (Lipinski definition) is 1. The van der Waals surface area contributed by atoms with E-state index in [0.717, 1.165) is 36.6 Å². The van der Waals surface area contributed by atoms with Crippen molar-refractivity contribution in [2.45, 2.75) is 38.6 Å². The van der Waals surface area contributed by atoms with E-state index >= 15 is 0 Å². The number of nitro benzene ring substituents is 1. The van der Waals surface area contributed by atoms with Crippen LogP contribution in [0.4, 0.5) is 11.4 Å². The first-order valence-electron chi connectivity index (χ1n) is 9.51. The van der Waals surface area contributed by atoms with E-state index in [-0.39, 0.29) is 35.7 Å². The fraction of sp³-hybridized carbons (Fsp3) is 0.526. The van der Waals surface area contributed by atoms with Gasteiger partial charge in [-0.15, -0.1) is 0 Å². The zero-order chi connectivity index (χ0) is 21.0. The molecule has 0 aromatic heterocycles. The lowest BCUT2D eigenvalue weighted by atomic mass is 9.86. The minimum Gasteiger partial charge on any atom is -0.482 e. The number of nitro groups is 1.